The average Bonchev–Trinajstić information content (AvgIpc) is 2.92. The van der Waals surface area contributed by atoms with E-state index < -0.39 is 11.6 Å². The fourth-order valence-electron chi connectivity index (χ4n) is 3.85. The summed E-state index contributed by atoms with van der Waals surface area (Å²) in [4.78, 5) is 15.3. The van der Waals surface area contributed by atoms with Crippen LogP contribution in [0.15, 0.2) is 72.9 Å². The van der Waals surface area contributed by atoms with Gasteiger partial charge in [0.1, 0.15) is 16.7 Å². The highest BCUT2D eigenvalue weighted by Gasteiger charge is 2.37. The first kappa shape index (κ1) is 27.0. The van der Waals surface area contributed by atoms with Crippen molar-refractivity contribution in [3.05, 3.63) is 90.1 Å². The lowest BCUT2D eigenvalue weighted by molar-refractivity contribution is 0.0375. The molecule has 1 aliphatic rings. The number of allylic oxidation sites excluding steroid dienone is 1. The Kier molecular flexibility index (Phi) is 9.13. The summed E-state index contributed by atoms with van der Waals surface area (Å²) in [5.41, 5.74) is 0.805. The predicted molar refractivity (Wildman–Crippen MR) is 148 cm³/mol. The number of alkyl halides is 2. The third kappa shape index (κ3) is 7.06. The lowest BCUT2D eigenvalue weighted by Gasteiger charge is -2.35. The molecule has 0 atom stereocenters. The van der Waals surface area contributed by atoms with Crippen LogP contribution in [0.25, 0.3) is 6.08 Å². The normalized spacial score (nSPS) is 14.4. The summed E-state index contributed by atoms with van der Waals surface area (Å²) >= 11 is 7.85. The van der Waals surface area contributed by atoms with Gasteiger partial charge in [0.15, 0.2) is 0 Å². The second-order valence-electron chi connectivity index (χ2n) is 8.53. The van der Waals surface area contributed by atoms with Crippen LogP contribution in [0.5, 0.6) is 0 Å². The molecule has 0 saturated carbocycles. The van der Waals surface area contributed by atoms with Crippen molar-refractivity contribution in [2.24, 2.45) is 0 Å². The van der Waals surface area contributed by atoms with E-state index in [1.54, 1.807) is 11.9 Å². The fourth-order valence-corrected chi connectivity index (χ4v) is 4.96. The summed E-state index contributed by atoms with van der Waals surface area (Å²) < 4.78 is 32.7. The molecule has 1 aliphatic heterocycles. The molecule has 3 aromatic rings. The fraction of sp³-hybridized carbons (Fsp3) is 0.296. The summed E-state index contributed by atoms with van der Waals surface area (Å²) in [5, 5.41) is 3.42. The van der Waals surface area contributed by atoms with Crippen LogP contribution >= 0.6 is 23.5 Å². The van der Waals surface area contributed by atoms with Gasteiger partial charge in [0, 0.05) is 48.9 Å². The highest BCUT2D eigenvalue weighted by molar-refractivity contribution is 7.97. The molecule has 6 nitrogen and oxygen atoms in total. The van der Waals surface area contributed by atoms with Crippen LogP contribution in [0, 0.1) is 0 Å². The number of piperazine rings is 1. The highest BCUT2D eigenvalue weighted by Crippen LogP contribution is 2.37. The molecular formula is C27H29ClF2N6S. The molecule has 1 aromatic carbocycles. The predicted octanol–water partition coefficient (Wildman–Crippen LogP) is 6.52. The van der Waals surface area contributed by atoms with Gasteiger partial charge in [0.05, 0.1) is 18.1 Å². The number of nitrogens with one attached hydrogen (secondary N) is 1. The van der Waals surface area contributed by atoms with Gasteiger partial charge in [-0.05, 0) is 67.3 Å². The van der Waals surface area contributed by atoms with Crippen molar-refractivity contribution in [3.8, 4) is 0 Å². The lowest BCUT2D eigenvalue weighted by Crippen LogP contribution is -2.43. The summed E-state index contributed by atoms with van der Waals surface area (Å²) in [7, 11) is 0. The van der Waals surface area contributed by atoms with E-state index in [1.807, 2.05) is 11.0 Å². The number of rotatable bonds is 11. The molecule has 10 heteroatoms. The molecule has 0 amide bonds. The number of nitrogens with zero attached hydrogens (tertiary/aromatic N) is 5. The van der Waals surface area contributed by atoms with Gasteiger partial charge in [-0.1, -0.05) is 24.3 Å². The van der Waals surface area contributed by atoms with Crippen LogP contribution < -0.4 is 10.2 Å². The minimum absolute atomic E-state index is 0.0119. The minimum atomic E-state index is -3.36. The molecule has 2 aromatic heterocycles. The van der Waals surface area contributed by atoms with E-state index in [-0.39, 0.29) is 10.7 Å². The molecule has 0 radical (unpaired) electrons. The zero-order valence-corrected chi connectivity index (χ0v) is 22.0. The van der Waals surface area contributed by atoms with Crippen LogP contribution in [-0.2, 0) is 5.92 Å². The quantitative estimate of drug-likeness (QED) is 0.128. The molecule has 1 fully saturated rings. The molecule has 0 aliphatic carbocycles. The largest absolute Gasteiger partial charge is 0.385 e. The van der Waals surface area contributed by atoms with Crippen molar-refractivity contribution in [2.75, 3.05) is 42.9 Å². The van der Waals surface area contributed by atoms with Crippen molar-refractivity contribution in [2.45, 2.75) is 23.7 Å². The van der Waals surface area contributed by atoms with Gasteiger partial charge in [0.25, 0.3) is 0 Å². The zero-order valence-electron chi connectivity index (χ0n) is 20.4. The topological polar surface area (TPSA) is 57.2 Å². The molecule has 1 saturated heterocycles. The van der Waals surface area contributed by atoms with Gasteiger partial charge in [0.2, 0.25) is 0 Å². The maximum absolute atomic E-state index is 15.2. The molecule has 194 valence electrons. The molecular weight excluding hydrogens is 514 g/mol. The second-order valence-corrected chi connectivity index (χ2v) is 10.1. The Bertz CT molecular complexity index is 1200. The third-order valence-corrected chi connectivity index (χ3v) is 7.21. The first-order valence-electron chi connectivity index (χ1n) is 12.0. The van der Waals surface area contributed by atoms with E-state index in [0.717, 1.165) is 49.3 Å². The van der Waals surface area contributed by atoms with E-state index in [2.05, 4.69) is 62.0 Å². The van der Waals surface area contributed by atoms with E-state index in [1.165, 1.54) is 24.4 Å². The second kappa shape index (κ2) is 12.5. The maximum Gasteiger partial charge on any atom is 0.316 e. The van der Waals surface area contributed by atoms with Crippen molar-refractivity contribution >= 4 is 41.1 Å². The Morgan fingerprint density at radius 2 is 1.81 bits per heavy atom. The summed E-state index contributed by atoms with van der Waals surface area (Å²) in [6.07, 6.45) is 7.77. The summed E-state index contributed by atoms with van der Waals surface area (Å²) in [5.74, 6) is -2.94. The lowest BCUT2D eigenvalue weighted by atomic mass is 10.1. The van der Waals surface area contributed by atoms with Crippen molar-refractivity contribution in [1.29, 1.82) is 0 Å². The number of pyridine rings is 1. The zero-order chi connectivity index (χ0) is 26.3. The minimum Gasteiger partial charge on any atom is -0.385 e. The van der Waals surface area contributed by atoms with Crippen LogP contribution in [0.1, 0.15) is 29.8 Å². The van der Waals surface area contributed by atoms with Gasteiger partial charge in [-0.15, -0.1) is 6.58 Å². The molecule has 0 unspecified atom stereocenters. The van der Waals surface area contributed by atoms with Crippen LogP contribution in [0.4, 0.5) is 20.3 Å². The first-order chi connectivity index (χ1) is 17.9. The Morgan fingerprint density at radius 1 is 1.05 bits per heavy atom. The van der Waals surface area contributed by atoms with Crippen molar-refractivity contribution in [1.82, 2.24) is 19.3 Å². The van der Waals surface area contributed by atoms with Crippen molar-refractivity contribution < 1.29 is 8.78 Å². The smallest absolute Gasteiger partial charge is 0.316 e. The number of halogens is 3. The van der Waals surface area contributed by atoms with E-state index in [9.17, 15) is 0 Å². The van der Waals surface area contributed by atoms with Gasteiger partial charge < -0.3 is 10.2 Å². The Labute approximate surface area is 225 Å². The molecule has 3 heterocycles. The number of unbranched alkanes of at least 4 members (excludes halogenated alkanes) is 1. The van der Waals surface area contributed by atoms with Crippen LogP contribution in [-0.4, -0.2) is 52.0 Å². The first-order valence-corrected chi connectivity index (χ1v) is 13.2. The third-order valence-electron chi connectivity index (χ3n) is 5.91. The number of aromatic nitrogens is 3. The monoisotopic (exact) mass is 542 g/mol. The van der Waals surface area contributed by atoms with Gasteiger partial charge in [-0.2, -0.15) is 8.78 Å². The van der Waals surface area contributed by atoms with E-state index in [4.69, 9.17) is 11.6 Å². The van der Waals surface area contributed by atoms with Crippen LogP contribution in [0.2, 0.25) is 5.15 Å². The van der Waals surface area contributed by atoms with Crippen LogP contribution in [0.3, 0.4) is 0 Å². The molecule has 4 rings (SSSR count). The molecule has 0 spiro atoms. The molecule has 0 bridgehead atoms. The number of benzene rings is 1. The standard InChI is InChI=1S/C27H29ClF2N6S/c1-3-5-6-11-31-22-7-9-23(10-8-22)37-36-14-12-35(13-15-36)26-17-20(16-25(28)34-26)27(29,30)24-19-32-21(4-2)18-33-24/h3-4,7-10,16-19,31H,1-2,5-6,11-15H2. The number of anilines is 2. The molecule has 37 heavy (non-hydrogen) atoms. The Morgan fingerprint density at radius 3 is 2.46 bits per heavy atom. The summed E-state index contributed by atoms with van der Waals surface area (Å²) in [6.45, 7) is 11.0. The van der Waals surface area contributed by atoms with E-state index in [0.29, 0.717) is 24.6 Å². The summed E-state index contributed by atoms with van der Waals surface area (Å²) in [6, 6.07) is 10.9. The SMILES string of the molecule is C=CCCCNc1ccc(SN2CCN(c3cc(C(F)(F)c4cnc(C=C)cn4)cc(Cl)n3)CC2)cc1. The highest BCUT2D eigenvalue weighted by atomic mass is 35.5. The maximum atomic E-state index is 15.2. The number of hydrogen-bond donors (Lipinski definition) is 1. The van der Waals surface area contributed by atoms with Gasteiger partial charge >= 0.3 is 5.92 Å². The van der Waals surface area contributed by atoms with Crippen molar-refractivity contribution in [3.63, 3.8) is 0 Å². The van der Waals surface area contributed by atoms with Gasteiger partial charge in [-0.25, -0.2) is 9.29 Å². The average molecular weight is 543 g/mol. The van der Waals surface area contributed by atoms with E-state index >= 15 is 8.78 Å². The Hall–Kier alpha value is -3.01. The number of hydrogen-bond acceptors (Lipinski definition) is 7. The Balaban J connectivity index is 1.36. The molecule has 1 N–H and O–H groups in total. The van der Waals surface area contributed by atoms with Gasteiger partial charge in [-0.3, -0.25) is 9.97 Å².